The average Bonchev–Trinajstić information content (AvgIpc) is 2.98. The van der Waals surface area contributed by atoms with Crippen LogP contribution in [0.25, 0.3) is 0 Å². The summed E-state index contributed by atoms with van der Waals surface area (Å²) in [5, 5.41) is 3.18. The molecular formula is C30H36ClN3O6S. The van der Waals surface area contributed by atoms with Gasteiger partial charge in [-0.3, -0.25) is 13.9 Å². The predicted octanol–water partition coefficient (Wildman–Crippen LogP) is 4.88. The lowest BCUT2D eigenvalue weighted by Crippen LogP contribution is -2.52. The van der Waals surface area contributed by atoms with Crippen molar-refractivity contribution < 1.29 is 27.5 Å². The Balaban J connectivity index is 2.07. The highest BCUT2D eigenvalue weighted by Crippen LogP contribution is 2.35. The second-order valence-corrected chi connectivity index (χ2v) is 11.8. The SMILES string of the molecule is CC[C@H](C)NC(=O)[C@H](C)N(Cc1ccc(OC)cc1)C(=O)CN(c1cc(Cl)ccc1OC)S(=O)(=O)c1ccccc1. The van der Waals surface area contributed by atoms with Crippen LogP contribution in [0, 0.1) is 0 Å². The van der Waals surface area contributed by atoms with Crippen molar-refractivity contribution >= 4 is 39.1 Å². The summed E-state index contributed by atoms with van der Waals surface area (Å²) in [6.07, 6.45) is 0.711. The molecule has 0 aliphatic heterocycles. The molecule has 11 heteroatoms. The van der Waals surface area contributed by atoms with Gasteiger partial charge in [-0.15, -0.1) is 0 Å². The zero-order valence-electron chi connectivity index (χ0n) is 23.8. The number of rotatable bonds is 13. The molecule has 0 saturated heterocycles. The Morgan fingerprint density at radius 3 is 2.20 bits per heavy atom. The first-order valence-corrected chi connectivity index (χ1v) is 15.0. The number of carbonyl (C=O) groups is 2. The van der Waals surface area contributed by atoms with E-state index in [-0.39, 0.29) is 39.8 Å². The van der Waals surface area contributed by atoms with Gasteiger partial charge in [-0.05, 0) is 68.3 Å². The van der Waals surface area contributed by atoms with Crippen LogP contribution in [-0.4, -0.2) is 58.0 Å². The lowest BCUT2D eigenvalue weighted by atomic mass is 10.1. The minimum atomic E-state index is -4.25. The summed E-state index contributed by atoms with van der Waals surface area (Å²) >= 11 is 6.26. The molecule has 3 aromatic rings. The molecule has 9 nitrogen and oxygen atoms in total. The van der Waals surface area contributed by atoms with Crippen molar-refractivity contribution in [1.29, 1.82) is 0 Å². The number of sulfonamides is 1. The van der Waals surface area contributed by atoms with Crippen LogP contribution >= 0.6 is 11.6 Å². The second-order valence-electron chi connectivity index (χ2n) is 9.50. The molecule has 0 saturated carbocycles. The van der Waals surface area contributed by atoms with E-state index in [0.29, 0.717) is 12.2 Å². The summed E-state index contributed by atoms with van der Waals surface area (Å²) in [5.41, 5.74) is 0.832. The fourth-order valence-electron chi connectivity index (χ4n) is 4.07. The quantitative estimate of drug-likeness (QED) is 0.299. The number of benzene rings is 3. The first kappa shape index (κ1) is 31.8. The van der Waals surface area contributed by atoms with E-state index in [1.807, 2.05) is 13.8 Å². The molecule has 41 heavy (non-hydrogen) atoms. The molecule has 0 fully saturated rings. The van der Waals surface area contributed by atoms with E-state index in [1.54, 1.807) is 62.6 Å². The van der Waals surface area contributed by atoms with Crippen LogP contribution in [0.15, 0.2) is 77.7 Å². The van der Waals surface area contributed by atoms with Crippen molar-refractivity contribution in [1.82, 2.24) is 10.2 Å². The van der Waals surface area contributed by atoms with Crippen LogP contribution in [-0.2, 0) is 26.2 Å². The number of methoxy groups -OCH3 is 2. The molecular weight excluding hydrogens is 566 g/mol. The number of nitrogens with one attached hydrogen (secondary N) is 1. The number of hydrogen-bond donors (Lipinski definition) is 1. The van der Waals surface area contributed by atoms with Gasteiger partial charge in [0.1, 0.15) is 24.1 Å². The monoisotopic (exact) mass is 601 g/mol. The number of nitrogens with zero attached hydrogens (tertiary/aromatic N) is 2. The molecule has 0 unspecified atom stereocenters. The fraction of sp³-hybridized carbons (Fsp3) is 0.333. The van der Waals surface area contributed by atoms with E-state index in [0.717, 1.165) is 9.87 Å². The van der Waals surface area contributed by atoms with Gasteiger partial charge in [0.2, 0.25) is 11.8 Å². The molecule has 0 aliphatic rings. The fourth-order valence-corrected chi connectivity index (χ4v) is 5.67. The smallest absolute Gasteiger partial charge is 0.264 e. The Hall–Kier alpha value is -3.76. The highest BCUT2D eigenvalue weighted by molar-refractivity contribution is 7.92. The van der Waals surface area contributed by atoms with Gasteiger partial charge in [-0.1, -0.05) is 48.9 Å². The van der Waals surface area contributed by atoms with Crippen LogP contribution in [0.1, 0.15) is 32.8 Å². The van der Waals surface area contributed by atoms with E-state index in [2.05, 4.69) is 5.32 Å². The molecule has 0 bridgehead atoms. The zero-order valence-corrected chi connectivity index (χ0v) is 25.4. The Morgan fingerprint density at radius 2 is 1.61 bits per heavy atom. The number of ether oxygens (including phenoxy) is 2. The molecule has 2 atom stereocenters. The van der Waals surface area contributed by atoms with Crippen molar-refractivity contribution in [2.24, 2.45) is 0 Å². The molecule has 1 N–H and O–H groups in total. The summed E-state index contributed by atoms with van der Waals surface area (Å²) in [6.45, 7) is 4.89. The summed E-state index contributed by atoms with van der Waals surface area (Å²) in [6, 6.07) is 18.4. The van der Waals surface area contributed by atoms with Gasteiger partial charge >= 0.3 is 0 Å². The first-order valence-electron chi connectivity index (χ1n) is 13.2. The Labute approximate surface area is 247 Å². The molecule has 0 aliphatic carbocycles. The molecule has 2 amide bonds. The predicted molar refractivity (Wildman–Crippen MR) is 160 cm³/mol. The maximum atomic E-state index is 14.1. The minimum absolute atomic E-state index is 0.0147. The second kappa shape index (κ2) is 14.2. The molecule has 0 spiro atoms. The normalized spacial score (nSPS) is 12.6. The van der Waals surface area contributed by atoms with Crippen LogP contribution < -0.4 is 19.1 Å². The summed E-state index contributed by atoms with van der Waals surface area (Å²) in [7, 11) is -1.30. The van der Waals surface area contributed by atoms with E-state index in [9.17, 15) is 18.0 Å². The van der Waals surface area contributed by atoms with Crippen molar-refractivity contribution in [2.45, 2.75) is 50.7 Å². The van der Waals surface area contributed by atoms with Gasteiger partial charge in [0.15, 0.2) is 0 Å². The van der Waals surface area contributed by atoms with Crippen LogP contribution in [0.4, 0.5) is 5.69 Å². The van der Waals surface area contributed by atoms with Crippen LogP contribution in [0.3, 0.4) is 0 Å². The minimum Gasteiger partial charge on any atom is -0.497 e. The van der Waals surface area contributed by atoms with Gasteiger partial charge in [0.05, 0.1) is 24.8 Å². The van der Waals surface area contributed by atoms with Crippen LogP contribution in [0.5, 0.6) is 11.5 Å². The summed E-state index contributed by atoms with van der Waals surface area (Å²) in [4.78, 5) is 28.6. The van der Waals surface area contributed by atoms with Gasteiger partial charge in [-0.2, -0.15) is 0 Å². The lowest BCUT2D eigenvalue weighted by Gasteiger charge is -2.33. The van der Waals surface area contributed by atoms with Crippen molar-refractivity contribution in [3.63, 3.8) is 0 Å². The van der Waals surface area contributed by atoms with Crippen molar-refractivity contribution in [3.8, 4) is 11.5 Å². The summed E-state index contributed by atoms with van der Waals surface area (Å²) < 4.78 is 39.6. The largest absolute Gasteiger partial charge is 0.497 e. The average molecular weight is 602 g/mol. The lowest BCUT2D eigenvalue weighted by molar-refractivity contribution is -0.139. The van der Waals surface area contributed by atoms with Gasteiger partial charge < -0.3 is 19.7 Å². The van der Waals surface area contributed by atoms with Crippen LogP contribution in [0.2, 0.25) is 5.02 Å². The maximum absolute atomic E-state index is 14.1. The molecule has 3 aromatic carbocycles. The Morgan fingerprint density at radius 1 is 0.951 bits per heavy atom. The van der Waals surface area contributed by atoms with Gasteiger partial charge in [-0.25, -0.2) is 8.42 Å². The van der Waals surface area contributed by atoms with Crippen molar-refractivity contribution in [3.05, 3.63) is 83.4 Å². The molecule has 0 radical (unpaired) electrons. The van der Waals surface area contributed by atoms with Crippen molar-refractivity contribution in [2.75, 3.05) is 25.1 Å². The standard InChI is InChI=1S/C30H36ClN3O6S/c1-6-21(2)32-30(36)22(3)33(19-23-12-15-25(39-4)16-13-23)29(35)20-34(27-18-24(31)14-17-28(27)40-5)41(37,38)26-10-8-7-9-11-26/h7-18,21-22H,6,19-20H2,1-5H3,(H,32,36)/t21-,22-/m0/s1. The number of anilines is 1. The summed E-state index contributed by atoms with van der Waals surface area (Å²) in [5.74, 6) is -0.0819. The Bertz CT molecular complexity index is 1430. The van der Waals surface area contributed by atoms with Gasteiger partial charge in [0, 0.05) is 17.6 Å². The molecule has 0 heterocycles. The number of hydrogen-bond acceptors (Lipinski definition) is 6. The first-order chi connectivity index (χ1) is 19.5. The Kier molecular flexibility index (Phi) is 11.0. The number of amides is 2. The third kappa shape index (κ3) is 7.92. The number of halogens is 1. The maximum Gasteiger partial charge on any atom is 0.264 e. The van der Waals surface area contributed by atoms with E-state index >= 15 is 0 Å². The molecule has 220 valence electrons. The highest BCUT2D eigenvalue weighted by Gasteiger charge is 2.34. The van der Waals surface area contributed by atoms with E-state index in [1.165, 1.54) is 36.3 Å². The molecule has 3 rings (SSSR count). The van der Waals surface area contributed by atoms with Gasteiger partial charge in [0.25, 0.3) is 10.0 Å². The zero-order chi connectivity index (χ0) is 30.2. The highest BCUT2D eigenvalue weighted by atomic mass is 35.5. The third-order valence-electron chi connectivity index (χ3n) is 6.70. The van der Waals surface area contributed by atoms with E-state index in [4.69, 9.17) is 21.1 Å². The molecule has 0 aromatic heterocycles. The third-order valence-corrected chi connectivity index (χ3v) is 8.71. The van der Waals surface area contributed by atoms with E-state index < -0.39 is 28.5 Å². The number of carbonyl (C=O) groups excluding carboxylic acids is 2. The topological polar surface area (TPSA) is 105 Å².